The highest BCUT2D eigenvalue weighted by molar-refractivity contribution is 5.62. The summed E-state index contributed by atoms with van der Waals surface area (Å²) < 4.78 is 9.35. The lowest BCUT2D eigenvalue weighted by Gasteiger charge is -2.11. The van der Waals surface area contributed by atoms with Crippen molar-refractivity contribution in [3.8, 4) is 11.4 Å². The molecule has 1 aromatic carbocycles. The smallest absolute Gasteiger partial charge is 0.254 e. The number of hydrogen-bond acceptors (Lipinski definition) is 6. The van der Waals surface area contributed by atoms with Crippen LogP contribution in [0.2, 0.25) is 0 Å². The highest BCUT2D eigenvalue weighted by atomic mass is 16.5. The molecule has 0 bridgehead atoms. The van der Waals surface area contributed by atoms with E-state index >= 15 is 0 Å². The van der Waals surface area contributed by atoms with Crippen molar-refractivity contribution in [3.05, 3.63) is 53.9 Å². The summed E-state index contributed by atoms with van der Waals surface area (Å²) in [6, 6.07) is 7.99. The monoisotopic (exact) mass is 405 g/mol. The summed E-state index contributed by atoms with van der Waals surface area (Å²) in [5, 5.41) is 7.92. The zero-order valence-electron chi connectivity index (χ0n) is 18.2. The van der Waals surface area contributed by atoms with Gasteiger partial charge in [-0.05, 0) is 37.0 Å². The number of hydrogen-bond donors (Lipinski definition) is 1. The minimum Gasteiger partial charge on any atom is -0.494 e. The Morgan fingerprint density at radius 3 is 2.47 bits per heavy atom. The van der Waals surface area contributed by atoms with E-state index in [-0.39, 0.29) is 0 Å². The van der Waals surface area contributed by atoms with Gasteiger partial charge in [0.2, 0.25) is 5.95 Å². The van der Waals surface area contributed by atoms with E-state index < -0.39 is 0 Å². The molecule has 0 spiro atoms. The van der Waals surface area contributed by atoms with Crippen LogP contribution >= 0.6 is 0 Å². The molecule has 0 saturated carbocycles. The minimum absolute atomic E-state index is 0.306. The Morgan fingerprint density at radius 1 is 1.03 bits per heavy atom. The molecule has 3 heterocycles. The molecule has 0 aliphatic heterocycles. The summed E-state index contributed by atoms with van der Waals surface area (Å²) >= 11 is 0. The van der Waals surface area contributed by atoms with Crippen molar-refractivity contribution in [1.29, 1.82) is 0 Å². The van der Waals surface area contributed by atoms with Crippen LogP contribution in [-0.2, 0) is 0 Å². The van der Waals surface area contributed by atoms with Gasteiger partial charge in [-0.2, -0.15) is 9.50 Å². The van der Waals surface area contributed by atoms with Crippen LogP contribution in [0.25, 0.3) is 11.5 Å². The van der Waals surface area contributed by atoms with Crippen molar-refractivity contribution in [2.75, 3.05) is 12.4 Å². The number of aromatic nitrogens is 6. The Hall–Kier alpha value is -3.42. The fourth-order valence-corrected chi connectivity index (χ4v) is 3.32. The summed E-state index contributed by atoms with van der Waals surface area (Å²) in [5.74, 6) is 2.46. The molecule has 30 heavy (non-hydrogen) atoms. The third-order valence-corrected chi connectivity index (χ3v) is 4.97. The number of rotatable bonds is 6. The van der Waals surface area contributed by atoms with E-state index in [0.29, 0.717) is 23.6 Å². The van der Waals surface area contributed by atoms with E-state index in [1.54, 1.807) is 13.4 Å². The molecule has 3 aromatic heterocycles. The predicted molar refractivity (Wildman–Crippen MR) is 117 cm³/mol. The number of methoxy groups -OCH3 is 1. The lowest BCUT2D eigenvalue weighted by Crippen LogP contribution is -2.06. The number of aryl methyl sites for hydroxylation is 1. The van der Waals surface area contributed by atoms with E-state index in [2.05, 4.69) is 59.1 Å². The van der Waals surface area contributed by atoms with Gasteiger partial charge in [0.1, 0.15) is 5.75 Å². The first-order valence-electron chi connectivity index (χ1n) is 10.1. The zero-order chi connectivity index (χ0) is 21.4. The Labute approximate surface area is 176 Å². The Balaban J connectivity index is 1.69. The second-order valence-corrected chi connectivity index (χ2v) is 8.00. The molecular formula is C22H27N7O. The highest BCUT2D eigenvalue weighted by Crippen LogP contribution is 2.28. The Morgan fingerprint density at radius 2 is 1.83 bits per heavy atom. The van der Waals surface area contributed by atoms with Crippen molar-refractivity contribution in [2.45, 2.75) is 46.5 Å². The zero-order valence-corrected chi connectivity index (χ0v) is 18.2. The molecule has 156 valence electrons. The molecule has 0 amide bonds. The van der Waals surface area contributed by atoms with Gasteiger partial charge in [0.15, 0.2) is 0 Å². The summed E-state index contributed by atoms with van der Waals surface area (Å²) in [4.78, 5) is 13.6. The summed E-state index contributed by atoms with van der Waals surface area (Å²) in [5.41, 5.74) is 4.80. The Kier molecular flexibility index (Phi) is 5.15. The lowest BCUT2D eigenvalue weighted by molar-refractivity contribution is 0.413. The van der Waals surface area contributed by atoms with Gasteiger partial charge in [-0.1, -0.05) is 27.7 Å². The van der Waals surface area contributed by atoms with Crippen LogP contribution in [0, 0.1) is 6.92 Å². The van der Waals surface area contributed by atoms with E-state index in [9.17, 15) is 0 Å². The van der Waals surface area contributed by atoms with Gasteiger partial charge in [0.05, 0.1) is 30.5 Å². The first-order chi connectivity index (χ1) is 14.4. The van der Waals surface area contributed by atoms with Gasteiger partial charge in [-0.3, -0.25) is 0 Å². The number of benzene rings is 1. The third kappa shape index (κ3) is 3.72. The summed E-state index contributed by atoms with van der Waals surface area (Å²) in [7, 11) is 1.65. The molecule has 1 N–H and O–H groups in total. The van der Waals surface area contributed by atoms with Crippen LogP contribution in [0.3, 0.4) is 0 Å². The van der Waals surface area contributed by atoms with E-state index in [1.165, 1.54) is 0 Å². The topological polar surface area (TPSA) is 82.2 Å². The first-order valence-corrected chi connectivity index (χ1v) is 10.1. The number of imidazole rings is 1. The minimum atomic E-state index is 0.306. The van der Waals surface area contributed by atoms with Gasteiger partial charge < -0.3 is 14.6 Å². The van der Waals surface area contributed by atoms with E-state index in [1.807, 2.05) is 40.4 Å². The quantitative estimate of drug-likeness (QED) is 0.504. The van der Waals surface area contributed by atoms with Gasteiger partial charge in [-0.15, -0.1) is 5.10 Å². The van der Waals surface area contributed by atoms with Gasteiger partial charge >= 0.3 is 0 Å². The second kappa shape index (κ2) is 7.78. The van der Waals surface area contributed by atoms with Crippen LogP contribution in [-0.4, -0.2) is 36.2 Å². The molecule has 4 rings (SSSR count). The summed E-state index contributed by atoms with van der Waals surface area (Å²) in [6.45, 7) is 10.5. The molecule has 8 nitrogen and oxygen atoms in total. The van der Waals surface area contributed by atoms with Crippen LogP contribution in [0.1, 0.15) is 56.6 Å². The molecule has 0 radical (unpaired) electrons. The van der Waals surface area contributed by atoms with Crippen LogP contribution in [0.5, 0.6) is 5.75 Å². The fraction of sp³-hybridized carbons (Fsp3) is 0.364. The van der Waals surface area contributed by atoms with E-state index in [0.717, 1.165) is 34.2 Å². The number of fused-ring (bicyclic) bond motifs is 1. The highest BCUT2D eigenvalue weighted by Gasteiger charge is 2.16. The van der Waals surface area contributed by atoms with E-state index in [4.69, 9.17) is 4.74 Å². The molecule has 8 heteroatoms. The average Bonchev–Trinajstić information content (AvgIpc) is 3.32. The molecule has 0 aliphatic rings. The normalized spacial score (nSPS) is 11.6. The molecule has 0 aliphatic carbocycles. The molecule has 4 aromatic rings. The van der Waals surface area contributed by atoms with Crippen molar-refractivity contribution < 1.29 is 4.74 Å². The number of anilines is 2. The summed E-state index contributed by atoms with van der Waals surface area (Å²) in [6.07, 6.45) is 3.73. The van der Waals surface area contributed by atoms with Crippen LogP contribution in [0.4, 0.5) is 11.6 Å². The van der Waals surface area contributed by atoms with Crippen molar-refractivity contribution in [1.82, 2.24) is 29.1 Å². The number of nitrogens with one attached hydrogen (secondary N) is 1. The van der Waals surface area contributed by atoms with Crippen molar-refractivity contribution >= 4 is 17.4 Å². The van der Waals surface area contributed by atoms with Crippen LogP contribution < -0.4 is 10.1 Å². The predicted octanol–water partition coefficient (Wildman–Crippen LogP) is 4.62. The second-order valence-electron chi connectivity index (χ2n) is 8.00. The van der Waals surface area contributed by atoms with Gasteiger partial charge in [-0.25, -0.2) is 9.97 Å². The maximum Gasteiger partial charge on any atom is 0.254 e. The number of ether oxygens (including phenoxy) is 1. The maximum absolute atomic E-state index is 5.59. The standard InChI is InChI=1S/C22H27N7O/c1-13(2)17-10-19(14(3)4)29-22(25-17)26-21(27-29)24-16-7-8-18(20(9-16)30-6)28-11-15(5)23-12-28/h7-14H,1-6H3,(H,24,27). The molecule has 0 unspecified atom stereocenters. The Bertz CT molecular complexity index is 1190. The molecule has 0 saturated heterocycles. The fourth-order valence-electron chi connectivity index (χ4n) is 3.32. The lowest BCUT2D eigenvalue weighted by atomic mass is 10.1. The van der Waals surface area contributed by atoms with Gasteiger partial charge in [0, 0.05) is 23.6 Å². The van der Waals surface area contributed by atoms with Crippen molar-refractivity contribution in [3.63, 3.8) is 0 Å². The number of nitrogens with zero attached hydrogens (tertiary/aromatic N) is 6. The first kappa shape index (κ1) is 19.9. The average molecular weight is 406 g/mol. The largest absolute Gasteiger partial charge is 0.494 e. The van der Waals surface area contributed by atoms with Crippen molar-refractivity contribution in [2.24, 2.45) is 0 Å². The van der Waals surface area contributed by atoms with Gasteiger partial charge in [0.25, 0.3) is 5.78 Å². The maximum atomic E-state index is 5.59. The SMILES string of the molecule is COc1cc(Nc2nc3nc(C(C)C)cc(C(C)C)n3n2)ccc1-n1cnc(C)c1. The van der Waals surface area contributed by atoms with Crippen LogP contribution in [0.15, 0.2) is 36.8 Å². The molecule has 0 atom stereocenters. The molecule has 0 fully saturated rings. The third-order valence-electron chi connectivity index (χ3n) is 4.97. The molecular weight excluding hydrogens is 378 g/mol.